The number of carbonyl (C=O) groups excluding carboxylic acids is 1. The Bertz CT molecular complexity index is 264. The molecular weight excluding hydrogens is 184 g/mol. The van der Waals surface area contributed by atoms with Crippen LogP contribution in [0.5, 0.6) is 0 Å². The molecule has 0 saturated carbocycles. The van der Waals surface area contributed by atoms with E-state index >= 15 is 0 Å². The Balaban J connectivity index is 2.41. The SMILES string of the molecule is COC(=O)CS(=O)(=O)CC1CO1. The molecule has 6 heteroatoms. The fraction of sp³-hybridized carbons (Fsp3) is 0.833. The van der Waals surface area contributed by atoms with Gasteiger partial charge in [-0.2, -0.15) is 0 Å². The third-order valence-electron chi connectivity index (χ3n) is 1.41. The minimum atomic E-state index is -3.33. The van der Waals surface area contributed by atoms with Crippen LogP contribution in [0.2, 0.25) is 0 Å². The quantitative estimate of drug-likeness (QED) is 0.423. The summed E-state index contributed by atoms with van der Waals surface area (Å²) in [5, 5.41) is 0. The smallest absolute Gasteiger partial charge is 0.320 e. The fourth-order valence-electron chi connectivity index (χ4n) is 0.745. The maximum atomic E-state index is 11.1. The molecule has 1 aliphatic heterocycles. The number of ether oxygens (including phenoxy) is 2. The molecule has 0 amide bonds. The largest absolute Gasteiger partial charge is 0.468 e. The summed E-state index contributed by atoms with van der Waals surface area (Å²) in [5.41, 5.74) is 0. The van der Waals surface area contributed by atoms with Gasteiger partial charge >= 0.3 is 5.97 Å². The molecule has 0 N–H and O–H groups in total. The number of hydrogen-bond acceptors (Lipinski definition) is 5. The fourth-order valence-corrected chi connectivity index (χ4v) is 2.10. The first-order valence-electron chi connectivity index (χ1n) is 3.42. The maximum Gasteiger partial charge on any atom is 0.320 e. The second kappa shape index (κ2) is 3.40. The van der Waals surface area contributed by atoms with Crippen LogP contribution >= 0.6 is 0 Å². The zero-order valence-electron chi connectivity index (χ0n) is 6.65. The molecule has 70 valence electrons. The number of sulfone groups is 1. The van der Waals surface area contributed by atoms with Crippen molar-refractivity contribution in [3.63, 3.8) is 0 Å². The van der Waals surface area contributed by atoms with Crippen LogP contribution in [0.4, 0.5) is 0 Å². The molecule has 1 heterocycles. The Morgan fingerprint density at radius 3 is 2.67 bits per heavy atom. The van der Waals surface area contributed by atoms with E-state index in [1.165, 1.54) is 0 Å². The van der Waals surface area contributed by atoms with Crippen molar-refractivity contribution in [1.82, 2.24) is 0 Å². The highest BCUT2D eigenvalue weighted by Crippen LogP contribution is 2.11. The lowest BCUT2D eigenvalue weighted by molar-refractivity contribution is -0.137. The monoisotopic (exact) mass is 194 g/mol. The van der Waals surface area contributed by atoms with E-state index in [2.05, 4.69) is 4.74 Å². The molecule has 0 bridgehead atoms. The van der Waals surface area contributed by atoms with Crippen molar-refractivity contribution < 1.29 is 22.7 Å². The standard InChI is InChI=1S/C6H10O5S/c1-10-6(7)4-12(8,9)3-5-2-11-5/h5H,2-4H2,1H3. The van der Waals surface area contributed by atoms with Crippen molar-refractivity contribution >= 4 is 15.8 Å². The van der Waals surface area contributed by atoms with Crippen molar-refractivity contribution in [2.45, 2.75) is 6.10 Å². The molecule has 1 aliphatic rings. The van der Waals surface area contributed by atoms with Crippen molar-refractivity contribution in [3.8, 4) is 0 Å². The topological polar surface area (TPSA) is 73.0 Å². The highest BCUT2D eigenvalue weighted by atomic mass is 32.2. The third kappa shape index (κ3) is 3.19. The van der Waals surface area contributed by atoms with E-state index in [-0.39, 0.29) is 11.9 Å². The Labute approximate surface area is 70.6 Å². The van der Waals surface area contributed by atoms with Crippen LogP contribution in [-0.4, -0.2) is 45.7 Å². The van der Waals surface area contributed by atoms with Crippen LogP contribution in [0, 0.1) is 0 Å². The zero-order valence-corrected chi connectivity index (χ0v) is 7.46. The van der Waals surface area contributed by atoms with Gasteiger partial charge in [0.05, 0.1) is 25.6 Å². The summed E-state index contributed by atoms with van der Waals surface area (Å²) in [4.78, 5) is 10.6. The van der Waals surface area contributed by atoms with Gasteiger partial charge in [0.25, 0.3) is 0 Å². The van der Waals surface area contributed by atoms with Gasteiger partial charge < -0.3 is 9.47 Å². The normalized spacial score (nSPS) is 21.9. The van der Waals surface area contributed by atoms with Gasteiger partial charge in [-0.25, -0.2) is 8.42 Å². The van der Waals surface area contributed by atoms with Crippen LogP contribution in [0.25, 0.3) is 0 Å². The lowest BCUT2D eigenvalue weighted by atomic mass is 10.6. The molecule has 1 fully saturated rings. The number of epoxide rings is 1. The Morgan fingerprint density at radius 1 is 1.67 bits per heavy atom. The van der Waals surface area contributed by atoms with Crippen molar-refractivity contribution in [3.05, 3.63) is 0 Å². The summed E-state index contributed by atoms with van der Waals surface area (Å²) in [6.45, 7) is 0.473. The molecule has 0 aliphatic carbocycles. The van der Waals surface area contributed by atoms with E-state index in [1.54, 1.807) is 0 Å². The summed E-state index contributed by atoms with van der Waals surface area (Å²) >= 11 is 0. The summed E-state index contributed by atoms with van der Waals surface area (Å²) < 4.78 is 31.1. The summed E-state index contributed by atoms with van der Waals surface area (Å²) in [5.74, 6) is -1.36. The Morgan fingerprint density at radius 2 is 2.25 bits per heavy atom. The number of methoxy groups -OCH3 is 1. The van der Waals surface area contributed by atoms with Gasteiger partial charge in [0.15, 0.2) is 9.84 Å². The molecule has 1 unspecified atom stereocenters. The Hall–Kier alpha value is -0.620. The molecule has 0 radical (unpaired) electrons. The minimum Gasteiger partial charge on any atom is -0.468 e. The molecule has 1 saturated heterocycles. The molecule has 0 aromatic heterocycles. The second-order valence-electron chi connectivity index (χ2n) is 2.59. The molecule has 0 aromatic rings. The second-order valence-corrected chi connectivity index (χ2v) is 4.70. The van der Waals surface area contributed by atoms with Gasteiger partial charge in [0, 0.05) is 0 Å². The van der Waals surface area contributed by atoms with Crippen LogP contribution in [0.3, 0.4) is 0 Å². The maximum absolute atomic E-state index is 11.1. The number of hydrogen-bond donors (Lipinski definition) is 0. The molecule has 12 heavy (non-hydrogen) atoms. The van der Waals surface area contributed by atoms with Gasteiger partial charge in [-0.3, -0.25) is 4.79 Å². The molecule has 5 nitrogen and oxygen atoms in total. The van der Waals surface area contributed by atoms with E-state index < -0.39 is 21.6 Å². The van der Waals surface area contributed by atoms with E-state index in [9.17, 15) is 13.2 Å². The summed E-state index contributed by atoms with van der Waals surface area (Å²) in [7, 11) is -2.17. The minimum absolute atomic E-state index is 0.0812. The van der Waals surface area contributed by atoms with E-state index in [0.717, 1.165) is 7.11 Å². The molecule has 0 aromatic carbocycles. The molecular formula is C6H10O5S. The van der Waals surface area contributed by atoms with Crippen molar-refractivity contribution in [2.24, 2.45) is 0 Å². The van der Waals surface area contributed by atoms with Gasteiger partial charge in [-0.05, 0) is 0 Å². The first-order chi connectivity index (χ1) is 5.53. The van der Waals surface area contributed by atoms with E-state index in [1.807, 2.05) is 0 Å². The molecule has 0 spiro atoms. The third-order valence-corrected chi connectivity index (χ3v) is 2.96. The van der Waals surface area contributed by atoms with Crippen molar-refractivity contribution in [1.29, 1.82) is 0 Å². The average molecular weight is 194 g/mol. The predicted octanol–water partition coefficient (Wildman–Crippen LogP) is -1.03. The number of esters is 1. The van der Waals surface area contributed by atoms with E-state index in [4.69, 9.17) is 4.74 Å². The van der Waals surface area contributed by atoms with E-state index in [0.29, 0.717) is 6.61 Å². The van der Waals surface area contributed by atoms with Crippen LogP contribution in [0.1, 0.15) is 0 Å². The first-order valence-corrected chi connectivity index (χ1v) is 5.24. The first kappa shape index (κ1) is 9.47. The van der Waals surface area contributed by atoms with Crippen molar-refractivity contribution in [2.75, 3.05) is 25.2 Å². The Kier molecular flexibility index (Phi) is 2.69. The highest BCUT2D eigenvalue weighted by Gasteiger charge is 2.30. The number of carbonyl (C=O) groups is 1. The molecule has 1 rings (SSSR count). The van der Waals surface area contributed by atoms with Crippen LogP contribution in [-0.2, 0) is 24.1 Å². The van der Waals surface area contributed by atoms with Gasteiger partial charge in [-0.15, -0.1) is 0 Å². The lowest BCUT2D eigenvalue weighted by Gasteiger charge is -1.99. The average Bonchev–Trinajstić information content (AvgIpc) is 2.69. The lowest BCUT2D eigenvalue weighted by Crippen LogP contribution is -2.22. The van der Waals surface area contributed by atoms with Gasteiger partial charge in [0.2, 0.25) is 0 Å². The summed E-state index contributed by atoms with van der Waals surface area (Å²) in [6, 6.07) is 0. The molecule has 1 atom stereocenters. The van der Waals surface area contributed by atoms with Gasteiger partial charge in [0.1, 0.15) is 5.75 Å². The van der Waals surface area contributed by atoms with Crippen LogP contribution in [0.15, 0.2) is 0 Å². The predicted molar refractivity (Wildman–Crippen MR) is 40.4 cm³/mol. The highest BCUT2D eigenvalue weighted by molar-refractivity contribution is 7.92. The summed E-state index contributed by atoms with van der Waals surface area (Å²) in [6.07, 6.45) is -0.209. The van der Waals surface area contributed by atoms with Crippen LogP contribution < -0.4 is 0 Å². The number of rotatable bonds is 4. The zero-order chi connectivity index (χ0) is 9.19. The van der Waals surface area contributed by atoms with Gasteiger partial charge in [-0.1, -0.05) is 0 Å².